The number of hydrogen-bond donors (Lipinski definition) is 1. The fraction of sp³-hybridized carbons (Fsp3) is 0.417. The van der Waals surface area contributed by atoms with Gasteiger partial charge in [-0.3, -0.25) is 14.9 Å². The summed E-state index contributed by atoms with van der Waals surface area (Å²) in [6.07, 6.45) is -5.32. The molecule has 2 atom stereocenters. The molecule has 1 N–H and O–H groups in total. The van der Waals surface area contributed by atoms with Crippen LogP contribution in [0.4, 0.5) is 18.9 Å². The Bertz CT molecular complexity index is 851. The highest BCUT2D eigenvalue weighted by Crippen LogP contribution is 2.27. The minimum Gasteiger partial charge on any atom is -0.466 e. The highest BCUT2D eigenvalue weighted by molar-refractivity contribution is 7.89. The van der Waals surface area contributed by atoms with Crippen molar-refractivity contribution >= 4 is 21.7 Å². The number of sulfonamides is 1. The fourth-order valence-corrected chi connectivity index (χ4v) is 3.05. The Morgan fingerprint density at radius 2 is 1.96 bits per heavy atom. The zero-order valence-electron chi connectivity index (χ0n) is 13.5. The van der Waals surface area contributed by atoms with Crippen molar-refractivity contribution in [2.24, 2.45) is 5.11 Å². The van der Waals surface area contributed by atoms with Gasteiger partial charge in [-0.25, -0.2) is 8.42 Å². The third kappa shape index (κ3) is 5.80. The molecule has 1 aromatic carbocycles. The number of ether oxygens (including phenoxy) is 1. The maximum Gasteiger partial charge on any atom is 0.405 e. The van der Waals surface area contributed by atoms with Gasteiger partial charge >= 0.3 is 12.1 Å². The van der Waals surface area contributed by atoms with Crippen molar-refractivity contribution in [2.45, 2.75) is 30.1 Å². The van der Waals surface area contributed by atoms with Crippen molar-refractivity contribution in [3.05, 3.63) is 44.8 Å². The third-order valence-corrected chi connectivity index (χ3v) is 4.47. The van der Waals surface area contributed by atoms with E-state index in [0.29, 0.717) is 12.1 Å². The average molecular weight is 411 g/mol. The van der Waals surface area contributed by atoms with Crippen molar-refractivity contribution in [1.29, 1.82) is 0 Å². The molecule has 0 radical (unpaired) electrons. The quantitative estimate of drug-likeness (QED) is 0.172. The van der Waals surface area contributed by atoms with Gasteiger partial charge in [0.15, 0.2) is 6.04 Å². The maximum absolute atomic E-state index is 13.3. The molecule has 0 bridgehead atoms. The van der Waals surface area contributed by atoms with Crippen LogP contribution in [-0.2, 0) is 19.6 Å². The predicted molar refractivity (Wildman–Crippen MR) is 82.8 cm³/mol. The summed E-state index contributed by atoms with van der Waals surface area (Å²) in [7, 11) is -4.88. The Hall–Kier alpha value is -2.90. The van der Waals surface area contributed by atoms with Crippen LogP contribution >= 0.6 is 0 Å². The number of esters is 1. The van der Waals surface area contributed by atoms with Crippen LogP contribution in [0.3, 0.4) is 0 Å². The molecule has 1 aromatic rings. The molecule has 0 aliphatic carbocycles. The molecule has 0 heterocycles. The number of azide groups is 1. The van der Waals surface area contributed by atoms with E-state index in [1.165, 1.54) is 11.6 Å². The molecule has 0 aliphatic heterocycles. The van der Waals surface area contributed by atoms with Crippen molar-refractivity contribution in [3.63, 3.8) is 0 Å². The molecule has 1 rings (SSSR count). The molecular formula is C12H12F3N5O6S. The Morgan fingerprint density at radius 1 is 1.41 bits per heavy atom. The summed E-state index contributed by atoms with van der Waals surface area (Å²) in [6.45, 7) is 0.949. The minimum absolute atomic E-state index is 0.337. The predicted octanol–water partition coefficient (Wildman–Crippen LogP) is 2.05. The zero-order valence-corrected chi connectivity index (χ0v) is 14.3. The number of carbonyl (C=O) groups excluding carboxylic acids is 1. The van der Waals surface area contributed by atoms with E-state index in [9.17, 15) is 36.5 Å². The third-order valence-electron chi connectivity index (χ3n) is 3.01. The Labute approximate surface area is 149 Å². The highest BCUT2D eigenvalue weighted by atomic mass is 32.2. The lowest BCUT2D eigenvalue weighted by Crippen LogP contribution is -2.54. The van der Waals surface area contributed by atoms with Gasteiger partial charge in [0.2, 0.25) is 10.0 Å². The molecule has 0 spiro atoms. The lowest BCUT2D eigenvalue weighted by atomic mass is 10.1. The first-order chi connectivity index (χ1) is 12.4. The molecule has 148 valence electrons. The van der Waals surface area contributed by atoms with E-state index in [-0.39, 0.29) is 6.61 Å². The Morgan fingerprint density at radius 3 is 2.37 bits per heavy atom. The molecule has 0 saturated carbocycles. The molecule has 0 aliphatic rings. The second-order valence-electron chi connectivity index (χ2n) is 4.79. The topological polar surface area (TPSA) is 164 Å². The van der Waals surface area contributed by atoms with Crippen LogP contribution in [0.25, 0.3) is 10.4 Å². The fourth-order valence-electron chi connectivity index (χ4n) is 1.83. The summed E-state index contributed by atoms with van der Waals surface area (Å²) in [5.74, 6) is -1.58. The summed E-state index contributed by atoms with van der Waals surface area (Å²) in [5.41, 5.74) is 7.92. The van der Waals surface area contributed by atoms with Gasteiger partial charge in [0, 0.05) is 17.0 Å². The van der Waals surface area contributed by atoms with Gasteiger partial charge in [-0.15, -0.1) is 0 Å². The number of nitrogens with zero attached hydrogens (tertiary/aromatic N) is 4. The van der Waals surface area contributed by atoms with E-state index in [4.69, 9.17) is 5.53 Å². The number of non-ortho nitro benzene ring substituents is 1. The average Bonchev–Trinajstić information content (AvgIpc) is 2.57. The van der Waals surface area contributed by atoms with Gasteiger partial charge in [0.25, 0.3) is 5.69 Å². The molecule has 11 nitrogen and oxygen atoms in total. The van der Waals surface area contributed by atoms with E-state index >= 15 is 0 Å². The summed E-state index contributed by atoms with van der Waals surface area (Å²) >= 11 is 0. The molecule has 0 saturated heterocycles. The van der Waals surface area contributed by atoms with Crippen LogP contribution in [-0.4, -0.2) is 44.2 Å². The van der Waals surface area contributed by atoms with Crippen LogP contribution in [0, 0.1) is 10.1 Å². The van der Waals surface area contributed by atoms with Crippen LogP contribution < -0.4 is 4.72 Å². The van der Waals surface area contributed by atoms with Gasteiger partial charge < -0.3 is 4.74 Å². The number of nitro groups is 1. The summed E-state index contributed by atoms with van der Waals surface area (Å²) in [4.78, 5) is 22.8. The second-order valence-corrected chi connectivity index (χ2v) is 6.51. The first-order valence-corrected chi connectivity index (χ1v) is 8.46. The number of rotatable bonds is 8. The summed E-state index contributed by atoms with van der Waals surface area (Å²) < 4.78 is 69.9. The van der Waals surface area contributed by atoms with E-state index in [1.807, 2.05) is 0 Å². The SMILES string of the molecule is CCOC(=O)[C@@H](N=[N+]=[N-])[C@H](NS(=O)(=O)c1ccc([N+](=O)[O-])cc1)C(F)(F)F. The van der Waals surface area contributed by atoms with Crippen molar-refractivity contribution in [3.8, 4) is 0 Å². The number of halogens is 3. The number of carbonyl (C=O) groups is 1. The lowest BCUT2D eigenvalue weighted by Gasteiger charge is -2.25. The van der Waals surface area contributed by atoms with E-state index in [2.05, 4.69) is 14.8 Å². The molecule has 0 amide bonds. The van der Waals surface area contributed by atoms with Gasteiger partial charge in [-0.1, -0.05) is 5.11 Å². The van der Waals surface area contributed by atoms with Gasteiger partial charge in [-0.05, 0) is 24.6 Å². The van der Waals surface area contributed by atoms with Gasteiger partial charge in [-0.2, -0.15) is 17.9 Å². The molecule has 27 heavy (non-hydrogen) atoms. The number of alkyl halides is 3. The van der Waals surface area contributed by atoms with Crippen LogP contribution in [0.15, 0.2) is 34.3 Å². The zero-order chi connectivity index (χ0) is 20.8. The van der Waals surface area contributed by atoms with E-state index < -0.39 is 49.8 Å². The molecule has 0 aromatic heterocycles. The van der Waals surface area contributed by atoms with Crippen LogP contribution in [0.2, 0.25) is 0 Å². The van der Waals surface area contributed by atoms with Crippen molar-refractivity contribution in [1.82, 2.24) is 4.72 Å². The smallest absolute Gasteiger partial charge is 0.405 e. The van der Waals surface area contributed by atoms with Crippen molar-refractivity contribution in [2.75, 3.05) is 6.61 Å². The monoisotopic (exact) mass is 411 g/mol. The molecular weight excluding hydrogens is 399 g/mol. The largest absolute Gasteiger partial charge is 0.466 e. The van der Waals surface area contributed by atoms with E-state index in [0.717, 1.165) is 12.1 Å². The minimum atomic E-state index is -5.32. The number of hydrogen-bond acceptors (Lipinski definition) is 7. The van der Waals surface area contributed by atoms with Crippen molar-refractivity contribution < 1.29 is 36.0 Å². The normalized spacial score (nSPS) is 13.9. The van der Waals surface area contributed by atoms with Crippen LogP contribution in [0.1, 0.15) is 6.92 Å². The molecule has 0 unspecified atom stereocenters. The molecule has 15 heteroatoms. The lowest BCUT2D eigenvalue weighted by molar-refractivity contribution is -0.384. The first kappa shape index (κ1) is 22.1. The highest BCUT2D eigenvalue weighted by Gasteiger charge is 2.50. The second kappa shape index (κ2) is 8.66. The number of nitro benzene ring substituents is 1. The van der Waals surface area contributed by atoms with Gasteiger partial charge in [0.1, 0.15) is 6.04 Å². The maximum atomic E-state index is 13.3. The molecule has 0 fully saturated rings. The first-order valence-electron chi connectivity index (χ1n) is 6.98. The number of nitrogens with one attached hydrogen (secondary N) is 1. The Kier molecular flexibility index (Phi) is 7.10. The van der Waals surface area contributed by atoms with Gasteiger partial charge in [0.05, 0.1) is 16.4 Å². The number of benzene rings is 1. The van der Waals surface area contributed by atoms with Crippen LogP contribution in [0.5, 0.6) is 0 Å². The standard InChI is InChI=1S/C12H12F3N5O6S/c1-2-26-11(21)9(17-19-16)10(12(13,14)15)18-27(24,25)8-5-3-7(4-6-8)20(22)23/h3-6,9-10,18H,2H2,1H3/t9-,10-/m0/s1. The summed E-state index contributed by atoms with van der Waals surface area (Å²) in [5, 5.41) is 13.3. The summed E-state index contributed by atoms with van der Waals surface area (Å²) in [6, 6.07) is -2.71. The Balaban J connectivity index is 3.30. The van der Waals surface area contributed by atoms with E-state index in [1.54, 1.807) is 0 Å².